The SMILES string of the molecule is N#Cc1ccc(Cn2cncc2CNC2C(=O)N(Cc3cccc(Cl)c3)CCc3ccccc32)cc1. The molecule has 1 N–H and O–H groups in total. The van der Waals surface area contributed by atoms with E-state index in [2.05, 4.69) is 27.0 Å². The number of rotatable bonds is 7. The Labute approximate surface area is 215 Å². The maximum Gasteiger partial charge on any atom is 0.244 e. The number of nitrogens with one attached hydrogen (secondary N) is 1. The van der Waals surface area contributed by atoms with Crippen molar-refractivity contribution in [1.82, 2.24) is 19.8 Å². The summed E-state index contributed by atoms with van der Waals surface area (Å²) in [6.07, 6.45) is 4.42. The lowest BCUT2D eigenvalue weighted by atomic mass is 9.99. The lowest BCUT2D eigenvalue weighted by Crippen LogP contribution is -2.39. The molecule has 1 atom stereocenters. The van der Waals surface area contributed by atoms with Crippen LogP contribution < -0.4 is 5.32 Å². The first-order chi connectivity index (χ1) is 17.6. The number of hydrogen-bond acceptors (Lipinski definition) is 4. The molecule has 36 heavy (non-hydrogen) atoms. The quantitative estimate of drug-likeness (QED) is 0.397. The fourth-order valence-corrected chi connectivity index (χ4v) is 4.87. The van der Waals surface area contributed by atoms with Crippen molar-refractivity contribution < 1.29 is 4.79 Å². The summed E-state index contributed by atoms with van der Waals surface area (Å²) in [6.45, 7) is 2.30. The summed E-state index contributed by atoms with van der Waals surface area (Å²) in [6, 6.07) is 25.1. The van der Waals surface area contributed by atoms with Crippen LogP contribution in [0.25, 0.3) is 0 Å². The Bertz CT molecular complexity index is 1410. The van der Waals surface area contributed by atoms with Crippen molar-refractivity contribution in [3.05, 3.63) is 124 Å². The molecule has 4 aromatic rings. The topological polar surface area (TPSA) is 74.0 Å². The van der Waals surface area contributed by atoms with Crippen LogP contribution in [0, 0.1) is 11.3 Å². The average molecular weight is 496 g/mol. The monoisotopic (exact) mass is 495 g/mol. The van der Waals surface area contributed by atoms with Gasteiger partial charge in [0.25, 0.3) is 0 Å². The van der Waals surface area contributed by atoms with Gasteiger partial charge in [0.1, 0.15) is 6.04 Å². The van der Waals surface area contributed by atoms with E-state index in [-0.39, 0.29) is 5.91 Å². The zero-order chi connectivity index (χ0) is 24.9. The lowest BCUT2D eigenvalue weighted by molar-refractivity contribution is -0.134. The highest BCUT2D eigenvalue weighted by Crippen LogP contribution is 2.27. The number of nitriles is 1. The molecule has 7 heteroatoms. The van der Waals surface area contributed by atoms with E-state index in [1.54, 1.807) is 6.33 Å². The number of halogens is 1. The van der Waals surface area contributed by atoms with Gasteiger partial charge in [-0.15, -0.1) is 0 Å². The zero-order valence-corrected chi connectivity index (χ0v) is 20.5. The molecule has 180 valence electrons. The normalized spacial score (nSPS) is 15.3. The Balaban J connectivity index is 1.35. The van der Waals surface area contributed by atoms with E-state index < -0.39 is 6.04 Å². The first kappa shape index (κ1) is 23.8. The Morgan fingerprint density at radius 3 is 2.67 bits per heavy atom. The molecule has 2 heterocycles. The summed E-state index contributed by atoms with van der Waals surface area (Å²) >= 11 is 6.19. The molecule has 3 aromatic carbocycles. The number of hydrogen-bond donors (Lipinski definition) is 1. The molecule has 0 saturated heterocycles. The first-order valence-corrected chi connectivity index (χ1v) is 12.3. The molecule has 0 bridgehead atoms. The van der Waals surface area contributed by atoms with E-state index in [0.717, 1.165) is 28.8 Å². The van der Waals surface area contributed by atoms with Gasteiger partial charge in [0.05, 0.1) is 23.7 Å². The molecule has 0 saturated carbocycles. The minimum atomic E-state index is -0.457. The Morgan fingerprint density at radius 1 is 1.03 bits per heavy atom. The number of carbonyl (C=O) groups excluding carboxylic acids is 1. The molecule has 0 fully saturated rings. The second kappa shape index (κ2) is 10.8. The van der Waals surface area contributed by atoms with Crippen LogP contribution >= 0.6 is 11.6 Å². The van der Waals surface area contributed by atoms with Gasteiger partial charge >= 0.3 is 0 Å². The number of imidazole rings is 1. The number of benzene rings is 3. The van der Waals surface area contributed by atoms with Crippen LogP contribution in [0.4, 0.5) is 0 Å². The van der Waals surface area contributed by atoms with Crippen LogP contribution in [-0.2, 0) is 30.8 Å². The third kappa shape index (κ3) is 5.33. The van der Waals surface area contributed by atoms with Gasteiger partial charge in [0.15, 0.2) is 0 Å². The molecule has 5 rings (SSSR count). The van der Waals surface area contributed by atoms with Crippen molar-refractivity contribution in [2.45, 2.75) is 32.1 Å². The van der Waals surface area contributed by atoms with Crippen molar-refractivity contribution in [3.63, 3.8) is 0 Å². The third-order valence-corrected chi connectivity index (χ3v) is 6.80. The number of amides is 1. The second-order valence-corrected chi connectivity index (χ2v) is 9.41. The first-order valence-electron chi connectivity index (χ1n) is 11.9. The molecule has 1 aliphatic heterocycles. The summed E-state index contributed by atoms with van der Waals surface area (Å²) in [5, 5.41) is 13.2. The minimum Gasteiger partial charge on any atom is -0.336 e. The van der Waals surface area contributed by atoms with Gasteiger partial charge in [-0.1, -0.05) is 60.1 Å². The van der Waals surface area contributed by atoms with Crippen LogP contribution in [0.2, 0.25) is 5.02 Å². The van der Waals surface area contributed by atoms with Gasteiger partial charge in [0, 0.05) is 37.4 Å². The van der Waals surface area contributed by atoms with E-state index in [1.165, 1.54) is 5.56 Å². The van der Waals surface area contributed by atoms with Gasteiger partial charge in [-0.25, -0.2) is 4.98 Å². The average Bonchev–Trinajstić information content (AvgIpc) is 3.29. The second-order valence-electron chi connectivity index (χ2n) is 8.97. The number of carbonyl (C=O) groups is 1. The predicted octanol–water partition coefficient (Wildman–Crippen LogP) is 4.87. The highest BCUT2D eigenvalue weighted by atomic mass is 35.5. The summed E-state index contributed by atoms with van der Waals surface area (Å²) < 4.78 is 2.06. The van der Waals surface area contributed by atoms with Gasteiger partial charge in [0.2, 0.25) is 5.91 Å². The maximum absolute atomic E-state index is 13.8. The van der Waals surface area contributed by atoms with Crippen molar-refractivity contribution >= 4 is 17.5 Å². The van der Waals surface area contributed by atoms with Crippen molar-refractivity contribution in [2.24, 2.45) is 0 Å². The summed E-state index contributed by atoms with van der Waals surface area (Å²) in [4.78, 5) is 20.0. The number of nitrogens with zero attached hydrogens (tertiary/aromatic N) is 4. The van der Waals surface area contributed by atoms with Crippen molar-refractivity contribution in [3.8, 4) is 6.07 Å². The van der Waals surface area contributed by atoms with Crippen LogP contribution in [0.3, 0.4) is 0 Å². The number of aromatic nitrogens is 2. The minimum absolute atomic E-state index is 0.0538. The number of fused-ring (bicyclic) bond motifs is 1. The molecule has 0 aliphatic carbocycles. The van der Waals surface area contributed by atoms with E-state index >= 15 is 0 Å². The predicted molar refractivity (Wildman–Crippen MR) is 139 cm³/mol. The van der Waals surface area contributed by atoms with Crippen LogP contribution in [0.5, 0.6) is 0 Å². The fraction of sp³-hybridized carbons (Fsp3) is 0.207. The van der Waals surface area contributed by atoms with Gasteiger partial charge in [-0.05, 0) is 52.9 Å². The summed E-state index contributed by atoms with van der Waals surface area (Å²) in [5.41, 5.74) is 5.92. The molecular formula is C29H26ClN5O. The summed E-state index contributed by atoms with van der Waals surface area (Å²) in [7, 11) is 0. The van der Waals surface area contributed by atoms with Gasteiger partial charge in [-0.2, -0.15) is 5.26 Å². The fourth-order valence-electron chi connectivity index (χ4n) is 4.66. The van der Waals surface area contributed by atoms with E-state index in [9.17, 15) is 4.79 Å². The molecule has 1 aromatic heterocycles. The third-order valence-electron chi connectivity index (χ3n) is 6.56. The molecule has 1 amide bonds. The molecule has 1 aliphatic rings. The summed E-state index contributed by atoms with van der Waals surface area (Å²) in [5.74, 6) is 0.0538. The Morgan fingerprint density at radius 2 is 1.86 bits per heavy atom. The van der Waals surface area contributed by atoms with Crippen molar-refractivity contribution in [1.29, 1.82) is 5.26 Å². The molecular weight excluding hydrogens is 470 g/mol. The van der Waals surface area contributed by atoms with Crippen molar-refractivity contribution in [2.75, 3.05) is 6.54 Å². The molecule has 0 spiro atoms. The van der Waals surface area contributed by atoms with E-state index in [0.29, 0.717) is 36.8 Å². The Hall–Kier alpha value is -3.92. The van der Waals surface area contributed by atoms with Gasteiger partial charge < -0.3 is 9.47 Å². The molecule has 1 unspecified atom stereocenters. The van der Waals surface area contributed by atoms with Gasteiger partial charge in [-0.3, -0.25) is 10.1 Å². The van der Waals surface area contributed by atoms with Crippen LogP contribution in [-0.4, -0.2) is 26.9 Å². The smallest absolute Gasteiger partial charge is 0.244 e. The van der Waals surface area contributed by atoms with E-state index in [4.69, 9.17) is 16.9 Å². The van der Waals surface area contributed by atoms with E-state index in [1.807, 2.05) is 77.8 Å². The Kier molecular flexibility index (Phi) is 7.13. The van der Waals surface area contributed by atoms with Crippen LogP contribution in [0.1, 0.15) is 39.6 Å². The maximum atomic E-state index is 13.8. The van der Waals surface area contributed by atoms with Crippen LogP contribution in [0.15, 0.2) is 85.3 Å². The zero-order valence-electron chi connectivity index (χ0n) is 19.8. The molecule has 6 nitrogen and oxygen atoms in total. The lowest BCUT2D eigenvalue weighted by Gasteiger charge is -2.26. The highest BCUT2D eigenvalue weighted by molar-refractivity contribution is 6.30. The standard InChI is InChI=1S/C29H26ClN5O/c30-25-6-3-4-23(14-25)19-34-13-12-24-5-1-2-7-27(24)28(29(34)36)33-17-26-16-32-20-35(26)18-22-10-8-21(15-31)9-11-22/h1-11,14,16,20,28,33H,12-13,17-19H2. The molecule has 0 radical (unpaired) electrons. The largest absolute Gasteiger partial charge is 0.336 e. The highest BCUT2D eigenvalue weighted by Gasteiger charge is 2.30.